The highest BCUT2D eigenvalue weighted by atomic mass is 16.4. The van der Waals surface area contributed by atoms with E-state index in [2.05, 4.69) is 32.6 Å². The molecule has 0 aliphatic carbocycles. The van der Waals surface area contributed by atoms with Crippen molar-refractivity contribution in [2.75, 3.05) is 19.6 Å². The molecule has 1 aliphatic rings. The highest BCUT2D eigenvalue weighted by molar-refractivity contribution is 5.67. The molecule has 17 heavy (non-hydrogen) atoms. The van der Waals surface area contributed by atoms with Crippen molar-refractivity contribution >= 4 is 5.97 Å². The number of carboxylic acid groups (broad SMARTS) is 1. The van der Waals surface area contributed by atoms with Crippen LogP contribution in [-0.2, 0) is 4.79 Å². The molecule has 1 N–H and O–H groups in total. The van der Waals surface area contributed by atoms with E-state index < -0.39 is 5.97 Å². The maximum absolute atomic E-state index is 10.8. The van der Waals surface area contributed by atoms with Gasteiger partial charge in [-0.25, -0.2) is 0 Å². The molecule has 1 fully saturated rings. The van der Waals surface area contributed by atoms with Crippen molar-refractivity contribution in [2.45, 2.75) is 40.5 Å². The van der Waals surface area contributed by atoms with E-state index in [1.807, 2.05) is 0 Å². The third-order valence-electron chi connectivity index (χ3n) is 3.71. The van der Waals surface area contributed by atoms with E-state index in [9.17, 15) is 4.79 Å². The molecule has 0 saturated carbocycles. The van der Waals surface area contributed by atoms with Gasteiger partial charge in [0.2, 0.25) is 0 Å². The number of likely N-dealkylation sites (tertiary alicyclic amines) is 1. The summed E-state index contributed by atoms with van der Waals surface area (Å²) in [4.78, 5) is 13.3. The van der Waals surface area contributed by atoms with Gasteiger partial charge in [0, 0.05) is 26.1 Å². The van der Waals surface area contributed by atoms with Crippen LogP contribution in [-0.4, -0.2) is 35.6 Å². The SMILES string of the molecule is CC(C)CC(CC(=O)O)CN1CC(C(C)C)C1. The molecule has 1 atom stereocenters. The summed E-state index contributed by atoms with van der Waals surface area (Å²) in [6.07, 6.45) is 1.34. The van der Waals surface area contributed by atoms with E-state index >= 15 is 0 Å². The zero-order chi connectivity index (χ0) is 13.0. The molecule has 0 amide bonds. The van der Waals surface area contributed by atoms with Crippen molar-refractivity contribution in [3.63, 3.8) is 0 Å². The maximum atomic E-state index is 10.8. The molecular weight excluding hydrogens is 214 g/mol. The number of carbonyl (C=O) groups is 1. The van der Waals surface area contributed by atoms with Crippen molar-refractivity contribution in [1.29, 1.82) is 0 Å². The first-order valence-electron chi connectivity index (χ1n) is 6.82. The summed E-state index contributed by atoms with van der Waals surface area (Å²) in [6.45, 7) is 12.2. The Morgan fingerprint density at radius 3 is 2.29 bits per heavy atom. The fourth-order valence-corrected chi connectivity index (χ4v) is 2.68. The van der Waals surface area contributed by atoms with Crippen LogP contribution in [0.15, 0.2) is 0 Å². The first kappa shape index (κ1) is 14.5. The Kier molecular flexibility index (Phi) is 5.44. The molecule has 0 bridgehead atoms. The minimum atomic E-state index is -0.656. The zero-order valence-corrected chi connectivity index (χ0v) is 11.6. The molecule has 1 unspecified atom stereocenters. The topological polar surface area (TPSA) is 40.5 Å². The Morgan fingerprint density at radius 2 is 1.88 bits per heavy atom. The van der Waals surface area contributed by atoms with Crippen LogP contribution in [0.2, 0.25) is 0 Å². The summed E-state index contributed by atoms with van der Waals surface area (Å²) >= 11 is 0. The molecule has 3 heteroatoms. The number of carboxylic acids is 1. The van der Waals surface area contributed by atoms with E-state index in [4.69, 9.17) is 5.11 Å². The number of hydrogen-bond donors (Lipinski definition) is 1. The van der Waals surface area contributed by atoms with Crippen LogP contribution in [0.5, 0.6) is 0 Å². The van der Waals surface area contributed by atoms with Gasteiger partial charge in [-0.1, -0.05) is 27.7 Å². The Balaban J connectivity index is 2.32. The van der Waals surface area contributed by atoms with Crippen LogP contribution in [0.1, 0.15) is 40.5 Å². The van der Waals surface area contributed by atoms with Gasteiger partial charge in [0.25, 0.3) is 0 Å². The molecule has 1 aliphatic heterocycles. The molecule has 1 rings (SSSR count). The third-order valence-corrected chi connectivity index (χ3v) is 3.71. The molecule has 1 saturated heterocycles. The van der Waals surface area contributed by atoms with Gasteiger partial charge < -0.3 is 10.0 Å². The van der Waals surface area contributed by atoms with Gasteiger partial charge in [0.05, 0.1) is 0 Å². The Hall–Kier alpha value is -0.570. The minimum absolute atomic E-state index is 0.320. The summed E-state index contributed by atoms with van der Waals surface area (Å²) in [6, 6.07) is 0. The first-order valence-corrected chi connectivity index (χ1v) is 6.82. The summed E-state index contributed by atoms with van der Waals surface area (Å²) < 4.78 is 0. The van der Waals surface area contributed by atoms with Crippen molar-refractivity contribution in [1.82, 2.24) is 4.90 Å². The smallest absolute Gasteiger partial charge is 0.303 e. The summed E-state index contributed by atoms with van der Waals surface area (Å²) in [5.41, 5.74) is 0. The van der Waals surface area contributed by atoms with Crippen LogP contribution < -0.4 is 0 Å². The fourth-order valence-electron chi connectivity index (χ4n) is 2.68. The fraction of sp³-hybridized carbons (Fsp3) is 0.929. The van der Waals surface area contributed by atoms with Crippen LogP contribution in [0.3, 0.4) is 0 Å². The summed E-state index contributed by atoms with van der Waals surface area (Å²) in [5, 5.41) is 8.92. The van der Waals surface area contributed by atoms with Crippen LogP contribution >= 0.6 is 0 Å². The molecule has 0 aromatic heterocycles. The van der Waals surface area contributed by atoms with Crippen LogP contribution in [0.25, 0.3) is 0 Å². The van der Waals surface area contributed by atoms with Gasteiger partial charge >= 0.3 is 5.97 Å². The molecule has 0 radical (unpaired) electrons. The average molecular weight is 241 g/mol. The van der Waals surface area contributed by atoms with Crippen molar-refractivity contribution in [3.05, 3.63) is 0 Å². The monoisotopic (exact) mass is 241 g/mol. The van der Waals surface area contributed by atoms with Gasteiger partial charge in [0.1, 0.15) is 0 Å². The van der Waals surface area contributed by atoms with Gasteiger partial charge in [-0.05, 0) is 30.1 Å². The predicted octanol–water partition coefficient (Wildman–Crippen LogP) is 2.71. The first-order chi connectivity index (χ1) is 7.88. The molecule has 0 aromatic rings. The quantitative estimate of drug-likeness (QED) is 0.745. The van der Waals surface area contributed by atoms with Crippen LogP contribution in [0.4, 0.5) is 0 Å². The number of hydrogen-bond acceptors (Lipinski definition) is 2. The second kappa shape index (κ2) is 6.39. The minimum Gasteiger partial charge on any atom is -0.481 e. The Bertz CT molecular complexity index is 245. The second-order valence-electron chi connectivity index (χ2n) is 6.32. The highest BCUT2D eigenvalue weighted by Crippen LogP contribution is 2.26. The van der Waals surface area contributed by atoms with E-state index in [-0.39, 0.29) is 0 Å². The maximum Gasteiger partial charge on any atom is 0.303 e. The van der Waals surface area contributed by atoms with Gasteiger partial charge in [0.15, 0.2) is 0 Å². The van der Waals surface area contributed by atoms with Gasteiger partial charge in [-0.15, -0.1) is 0 Å². The standard InChI is InChI=1S/C14H27NO2/c1-10(2)5-12(6-14(16)17)7-15-8-13(9-15)11(3)4/h10-13H,5-9H2,1-4H3,(H,16,17). The van der Waals surface area contributed by atoms with Crippen molar-refractivity contribution < 1.29 is 9.90 Å². The van der Waals surface area contributed by atoms with Crippen LogP contribution in [0, 0.1) is 23.7 Å². The molecule has 100 valence electrons. The van der Waals surface area contributed by atoms with E-state index in [0.29, 0.717) is 18.3 Å². The molecule has 3 nitrogen and oxygen atoms in total. The van der Waals surface area contributed by atoms with E-state index in [0.717, 1.165) is 37.9 Å². The average Bonchev–Trinajstić information content (AvgIpc) is 2.07. The lowest BCUT2D eigenvalue weighted by atomic mass is 9.86. The second-order valence-corrected chi connectivity index (χ2v) is 6.32. The lowest BCUT2D eigenvalue weighted by molar-refractivity contribution is -0.138. The lowest BCUT2D eigenvalue weighted by Gasteiger charge is -2.43. The van der Waals surface area contributed by atoms with Gasteiger partial charge in [-0.3, -0.25) is 4.79 Å². The third kappa shape index (κ3) is 5.07. The normalized spacial score (nSPS) is 19.6. The predicted molar refractivity (Wildman–Crippen MR) is 70.0 cm³/mol. The van der Waals surface area contributed by atoms with Gasteiger partial charge in [-0.2, -0.15) is 0 Å². The Labute approximate surface area is 105 Å². The number of aliphatic carboxylic acids is 1. The highest BCUT2D eigenvalue weighted by Gasteiger charge is 2.30. The van der Waals surface area contributed by atoms with E-state index in [1.165, 1.54) is 0 Å². The summed E-state index contributed by atoms with van der Waals surface area (Å²) in [5.74, 6) is 1.83. The number of rotatable bonds is 7. The molecule has 0 aromatic carbocycles. The van der Waals surface area contributed by atoms with E-state index in [1.54, 1.807) is 0 Å². The Morgan fingerprint density at radius 1 is 1.29 bits per heavy atom. The molecule has 0 spiro atoms. The van der Waals surface area contributed by atoms with Crippen molar-refractivity contribution in [3.8, 4) is 0 Å². The lowest BCUT2D eigenvalue weighted by Crippen LogP contribution is -2.50. The largest absolute Gasteiger partial charge is 0.481 e. The molecule has 1 heterocycles. The summed E-state index contributed by atoms with van der Waals surface area (Å²) in [7, 11) is 0. The zero-order valence-electron chi connectivity index (χ0n) is 11.6. The molecular formula is C14H27NO2. The number of nitrogens with zero attached hydrogens (tertiary/aromatic N) is 1. The van der Waals surface area contributed by atoms with Crippen molar-refractivity contribution in [2.24, 2.45) is 23.7 Å².